The maximum absolute atomic E-state index is 12.2. The Kier molecular flexibility index (Phi) is 6.81. The van der Waals surface area contributed by atoms with E-state index >= 15 is 0 Å². The summed E-state index contributed by atoms with van der Waals surface area (Å²) >= 11 is 6.24. The molecule has 0 aliphatic carbocycles. The molecule has 0 unspecified atom stereocenters. The lowest BCUT2D eigenvalue weighted by molar-refractivity contribution is 0.101. The van der Waals surface area contributed by atoms with Gasteiger partial charge in [-0.05, 0) is 44.3 Å². The fraction of sp³-hybridized carbons (Fsp3) is 0.429. The molecule has 1 aromatic carbocycles. The Bertz CT molecular complexity index is 486. The van der Waals surface area contributed by atoms with E-state index in [1.807, 2.05) is 13.8 Å². The molecular weight excluding hydrogens is 296 g/mol. The van der Waals surface area contributed by atoms with Crippen molar-refractivity contribution in [3.63, 3.8) is 0 Å². The molecule has 0 aromatic heterocycles. The maximum Gasteiger partial charge on any atom is 0.220 e. The number of thiocarbonyl (C=S) groups is 1. The normalized spacial score (nSPS) is 10.2. The minimum absolute atomic E-state index is 0.0106. The molecule has 0 aliphatic rings. The van der Waals surface area contributed by atoms with Gasteiger partial charge in [0.15, 0.2) is 5.78 Å². The van der Waals surface area contributed by atoms with Crippen molar-refractivity contribution < 1.29 is 19.0 Å². The number of carbonyl (C=O) groups is 1. The van der Waals surface area contributed by atoms with Crippen LogP contribution in [0, 0.1) is 0 Å². The van der Waals surface area contributed by atoms with Crippen LogP contribution >= 0.6 is 24.0 Å². The van der Waals surface area contributed by atoms with Crippen molar-refractivity contribution in [3.8, 4) is 11.5 Å². The Morgan fingerprint density at radius 3 is 2.55 bits per heavy atom. The Labute approximate surface area is 128 Å². The summed E-state index contributed by atoms with van der Waals surface area (Å²) in [5.41, 5.74) is 0.478. The van der Waals surface area contributed by atoms with Gasteiger partial charge < -0.3 is 14.2 Å². The zero-order chi connectivity index (χ0) is 15.1. The van der Waals surface area contributed by atoms with Gasteiger partial charge in [-0.25, -0.2) is 0 Å². The summed E-state index contributed by atoms with van der Waals surface area (Å²) in [6, 6.07) is 5.11. The molecule has 4 nitrogen and oxygen atoms in total. The van der Waals surface area contributed by atoms with Crippen molar-refractivity contribution >= 4 is 34.1 Å². The quantitative estimate of drug-likeness (QED) is 0.593. The number of ketones is 1. The van der Waals surface area contributed by atoms with E-state index in [4.69, 9.17) is 26.4 Å². The molecule has 0 heterocycles. The van der Waals surface area contributed by atoms with Crippen molar-refractivity contribution in [1.29, 1.82) is 0 Å². The minimum Gasteiger partial charge on any atom is -0.497 e. The second-order valence-corrected chi connectivity index (χ2v) is 5.77. The summed E-state index contributed by atoms with van der Waals surface area (Å²) in [6.07, 6.45) is 0.0106. The Balaban J connectivity index is 2.73. The number of rotatable bonds is 6. The van der Waals surface area contributed by atoms with Crippen molar-refractivity contribution in [1.82, 2.24) is 0 Å². The summed E-state index contributed by atoms with van der Waals surface area (Å²) in [4.78, 5) is 12.2. The van der Waals surface area contributed by atoms with Gasteiger partial charge in [0.25, 0.3) is 0 Å². The largest absolute Gasteiger partial charge is 0.497 e. The van der Waals surface area contributed by atoms with E-state index in [-0.39, 0.29) is 17.6 Å². The van der Waals surface area contributed by atoms with E-state index in [1.54, 1.807) is 25.3 Å². The van der Waals surface area contributed by atoms with Gasteiger partial charge in [0.2, 0.25) is 4.38 Å². The zero-order valence-corrected chi connectivity index (χ0v) is 13.6. The third kappa shape index (κ3) is 5.02. The van der Waals surface area contributed by atoms with Crippen LogP contribution < -0.4 is 9.47 Å². The van der Waals surface area contributed by atoms with Gasteiger partial charge in [-0.3, -0.25) is 4.79 Å². The van der Waals surface area contributed by atoms with Crippen LogP contribution in [0.2, 0.25) is 0 Å². The molecule has 0 radical (unpaired) electrons. The first-order valence-electron chi connectivity index (χ1n) is 6.06. The molecule has 1 rings (SSSR count). The minimum atomic E-state index is -0.0829. The van der Waals surface area contributed by atoms with Crippen LogP contribution in [-0.2, 0) is 4.74 Å². The van der Waals surface area contributed by atoms with Crippen molar-refractivity contribution in [3.05, 3.63) is 23.8 Å². The number of benzene rings is 1. The number of Topliss-reactive ketones (excluding diaryl/α,β-unsaturated/α-hetero) is 1. The van der Waals surface area contributed by atoms with Crippen LogP contribution in [-0.4, -0.2) is 36.2 Å². The van der Waals surface area contributed by atoms with Crippen LogP contribution in [0.5, 0.6) is 11.5 Å². The van der Waals surface area contributed by atoms with E-state index in [2.05, 4.69) is 0 Å². The van der Waals surface area contributed by atoms with Gasteiger partial charge in [0, 0.05) is 0 Å². The van der Waals surface area contributed by atoms with Crippen molar-refractivity contribution in [2.45, 2.75) is 20.0 Å². The third-order valence-corrected chi connectivity index (χ3v) is 3.55. The van der Waals surface area contributed by atoms with Crippen LogP contribution in [0.25, 0.3) is 0 Å². The predicted octanol–water partition coefficient (Wildman–Crippen LogP) is 3.33. The van der Waals surface area contributed by atoms with Gasteiger partial charge >= 0.3 is 0 Å². The molecule has 0 saturated heterocycles. The van der Waals surface area contributed by atoms with Crippen LogP contribution in [0.15, 0.2) is 18.2 Å². The molecule has 0 spiro atoms. The summed E-state index contributed by atoms with van der Waals surface area (Å²) < 4.78 is 16.0. The number of hydrogen-bond acceptors (Lipinski definition) is 6. The van der Waals surface area contributed by atoms with Gasteiger partial charge in [-0.1, -0.05) is 11.8 Å². The lowest BCUT2D eigenvalue weighted by Crippen LogP contribution is -2.11. The molecule has 0 amide bonds. The number of hydrogen-bond donors (Lipinski definition) is 0. The topological polar surface area (TPSA) is 44.8 Å². The Morgan fingerprint density at radius 1 is 1.30 bits per heavy atom. The number of methoxy groups -OCH3 is 2. The van der Waals surface area contributed by atoms with Gasteiger partial charge in [-0.15, -0.1) is 0 Å². The zero-order valence-electron chi connectivity index (χ0n) is 12.0. The monoisotopic (exact) mass is 314 g/mol. The smallest absolute Gasteiger partial charge is 0.220 e. The molecule has 0 aliphatic heterocycles. The molecule has 0 N–H and O–H groups in total. The van der Waals surface area contributed by atoms with Crippen LogP contribution in [0.1, 0.15) is 24.2 Å². The summed E-state index contributed by atoms with van der Waals surface area (Å²) in [7, 11) is 3.08. The van der Waals surface area contributed by atoms with Gasteiger partial charge in [-0.2, -0.15) is 0 Å². The molecule has 1 aromatic rings. The lowest BCUT2D eigenvalue weighted by Gasteiger charge is -2.11. The highest BCUT2D eigenvalue weighted by atomic mass is 32.2. The van der Waals surface area contributed by atoms with E-state index in [1.165, 1.54) is 18.9 Å². The molecule has 0 fully saturated rings. The standard InChI is InChI=1S/C14H18O4S2/c1-9(2)18-14(19)20-8-12(15)11-7-10(16-3)5-6-13(11)17-4/h5-7,9H,8H2,1-4H3. The number of thioether (sulfide) groups is 1. The van der Waals surface area contributed by atoms with Crippen LogP contribution in [0.4, 0.5) is 0 Å². The summed E-state index contributed by atoms with van der Waals surface area (Å²) in [5.74, 6) is 1.25. The van der Waals surface area contributed by atoms with Gasteiger partial charge in [0.05, 0.1) is 31.6 Å². The van der Waals surface area contributed by atoms with E-state index < -0.39 is 0 Å². The fourth-order valence-corrected chi connectivity index (χ4v) is 2.49. The van der Waals surface area contributed by atoms with E-state index in [0.717, 1.165) is 0 Å². The fourth-order valence-electron chi connectivity index (χ4n) is 1.46. The van der Waals surface area contributed by atoms with E-state index in [9.17, 15) is 4.79 Å². The van der Waals surface area contributed by atoms with Crippen molar-refractivity contribution in [2.75, 3.05) is 20.0 Å². The highest BCUT2D eigenvalue weighted by molar-refractivity contribution is 8.23. The molecule has 0 bridgehead atoms. The number of carbonyl (C=O) groups excluding carboxylic acids is 1. The molecule has 6 heteroatoms. The molecular formula is C14H18O4S2. The highest BCUT2D eigenvalue weighted by Gasteiger charge is 2.15. The molecule has 20 heavy (non-hydrogen) atoms. The predicted molar refractivity (Wildman–Crippen MR) is 85.2 cm³/mol. The first kappa shape index (κ1) is 16.8. The lowest BCUT2D eigenvalue weighted by atomic mass is 10.1. The Morgan fingerprint density at radius 2 is 2.00 bits per heavy atom. The average Bonchev–Trinajstić information content (AvgIpc) is 2.43. The second-order valence-electron chi connectivity index (χ2n) is 4.19. The van der Waals surface area contributed by atoms with Crippen molar-refractivity contribution in [2.24, 2.45) is 0 Å². The summed E-state index contributed by atoms with van der Waals surface area (Å²) in [5, 5.41) is 0. The average molecular weight is 314 g/mol. The van der Waals surface area contributed by atoms with Crippen LogP contribution in [0.3, 0.4) is 0 Å². The molecule has 0 saturated carbocycles. The third-order valence-electron chi connectivity index (χ3n) is 2.36. The first-order chi connectivity index (χ1) is 9.47. The maximum atomic E-state index is 12.2. The summed E-state index contributed by atoms with van der Waals surface area (Å²) in [6.45, 7) is 3.78. The van der Waals surface area contributed by atoms with Gasteiger partial charge in [0.1, 0.15) is 11.5 Å². The molecule has 0 atom stereocenters. The number of ether oxygens (including phenoxy) is 3. The second kappa shape index (κ2) is 8.11. The SMILES string of the molecule is COc1ccc(OC)c(C(=O)CSC(=S)OC(C)C)c1. The highest BCUT2D eigenvalue weighted by Crippen LogP contribution is 2.25. The first-order valence-corrected chi connectivity index (χ1v) is 7.46. The Hall–Kier alpha value is -1.27. The molecule has 110 valence electrons. The van der Waals surface area contributed by atoms with E-state index in [0.29, 0.717) is 21.4 Å².